The number of allylic oxidation sites excluding steroid dienone is 2. The number of rotatable bonds is 9. The first-order chi connectivity index (χ1) is 11.7. The number of carbonyl (C=O) groups is 2. The number of hydrogen-bond acceptors (Lipinski definition) is 2. The van der Waals surface area contributed by atoms with E-state index >= 15 is 0 Å². The molecule has 0 aliphatic rings. The maximum absolute atomic E-state index is 11.7. The van der Waals surface area contributed by atoms with Crippen LogP contribution >= 0.6 is 0 Å². The van der Waals surface area contributed by atoms with Crippen molar-refractivity contribution >= 4 is 11.6 Å². The fourth-order valence-electron chi connectivity index (χ4n) is 3.16. The summed E-state index contributed by atoms with van der Waals surface area (Å²) in [6.45, 7) is 24.9. The van der Waals surface area contributed by atoms with Crippen LogP contribution < -0.4 is 0 Å². The number of carbonyl (C=O) groups excluding carboxylic acids is 2. The Labute approximate surface area is 164 Å². The lowest BCUT2D eigenvalue weighted by Crippen LogP contribution is -2.24. The summed E-state index contributed by atoms with van der Waals surface area (Å²) in [5.74, 6) is 3.09. The van der Waals surface area contributed by atoms with E-state index in [9.17, 15) is 9.59 Å². The normalized spacial score (nSPS) is 14.9. The van der Waals surface area contributed by atoms with Crippen molar-refractivity contribution < 1.29 is 9.59 Å². The Kier molecular flexibility index (Phi) is 13.9. The summed E-state index contributed by atoms with van der Waals surface area (Å²) in [5, 5.41) is 0. The van der Waals surface area contributed by atoms with E-state index in [4.69, 9.17) is 0 Å². The van der Waals surface area contributed by atoms with Gasteiger partial charge in [0, 0.05) is 17.8 Å². The fraction of sp³-hybridized carbons (Fsp3) is 0.833. The van der Waals surface area contributed by atoms with Gasteiger partial charge in [0.2, 0.25) is 0 Å². The van der Waals surface area contributed by atoms with Gasteiger partial charge in [-0.1, -0.05) is 74.8 Å². The van der Waals surface area contributed by atoms with Gasteiger partial charge in [0.25, 0.3) is 0 Å². The van der Waals surface area contributed by atoms with Crippen molar-refractivity contribution in [2.24, 2.45) is 35.5 Å². The Morgan fingerprint density at radius 1 is 0.692 bits per heavy atom. The van der Waals surface area contributed by atoms with Crippen LogP contribution in [-0.2, 0) is 9.59 Å². The van der Waals surface area contributed by atoms with Crippen LogP contribution in [0.15, 0.2) is 11.1 Å². The first-order valence-corrected chi connectivity index (χ1v) is 10.5. The van der Waals surface area contributed by atoms with E-state index in [1.807, 2.05) is 34.6 Å². The zero-order valence-corrected chi connectivity index (χ0v) is 19.7. The van der Waals surface area contributed by atoms with E-state index in [0.717, 1.165) is 18.4 Å². The van der Waals surface area contributed by atoms with Crippen molar-refractivity contribution in [1.29, 1.82) is 0 Å². The maximum atomic E-state index is 11.7. The van der Waals surface area contributed by atoms with Gasteiger partial charge in [-0.05, 0) is 50.0 Å². The second-order valence-electron chi connectivity index (χ2n) is 9.47. The first kappa shape index (κ1) is 27.3. The molecular formula is C24H46O2. The minimum absolute atomic E-state index is 0.127. The fourth-order valence-corrected chi connectivity index (χ4v) is 3.16. The molecule has 0 radical (unpaired) electrons. The van der Waals surface area contributed by atoms with E-state index < -0.39 is 0 Å². The van der Waals surface area contributed by atoms with Crippen LogP contribution in [0.25, 0.3) is 0 Å². The van der Waals surface area contributed by atoms with Gasteiger partial charge in [-0.15, -0.1) is 0 Å². The molecule has 0 rings (SSSR count). The topological polar surface area (TPSA) is 34.1 Å². The zero-order valence-electron chi connectivity index (χ0n) is 19.7. The Balaban J connectivity index is 0. The van der Waals surface area contributed by atoms with E-state index in [0.29, 0.717) is 23.5 Å². The Morgan fingerprint density at radius 3 is 1.46 bits per heavy atom. The molecule has 2 heteroatoms. The molecule has 0 aromatic carbocycles. The van der Waals surface area contributed by atoms with Crippen LogP contribution in [0.3, 0.4) is 0 Å². The standard InChI is InChI=1S/C12H24O.C12H22O/c2*1-8(2)7-10(5)11(6)12(13)9(3)4/h8-11H,7H2,1-6H3;8-9H,7H2,1-6H3. The summed E-state index contributed by atoms with van der Waals surface area (Å²) in [4.78, 5) is 23.3. The molecule has 2 nitrogen and oxygen atoms in total. The van der Waals surface area contributed by atoms with Crippen LogP contribution in [0.2, 0.25) is 0 Å². The lowest BCUT2D eigenvalue weighted by Gasteiger charge is -2.21. The smallest absolute Gasteiger partial charge is 0.161 e. The quantitative estimate of drug-likeness (QED) is 0.407. The molecule has 0 aromatic rings. The van der Waals surface area contributed by atoms with Gasteiger partial charge < -0.3 is 0 Å². The van der Waals surface area contributed by atoms with Crippen molar-refractivity contribution in [2.45, 2.75) is 95.9 Å². The third-order valence-corrected chi connectivity index (χ3v) is 4.96. The van der Waals surface area contributed by atoms with Gasteiger partial charge in [0.15, 0.2) is 5.78 Å². The molecule has 0 saturated carbocycles. The molecule has 0 amide bonds. The summed E-state index contributed by atoms with van der Waals surface area (Å²) in [7, 11) is 0. The molecule has 0 spiro atoms. The SMILES string of the molecule is CC(C)CC(C)C(C)C(=O)C(C)C.CC(CC(C)C)=C(C)C(=O)C(C)C. The highest BCUT2D eigenvalue weighted by molar-refractivity contribution is 5.96. The van der Waals surface area contributed by atoms with Crippen molar-refractivity contribution in [3.05, 3.63) is 11.1 Å². The molecule has 2 unspecified atom stereocenters. The zero-order chi connectivity index (χ0) is 21.2. The van der Waals surface area contributed by atoms with Gasteiger partial charge in [-0.2, -0.15) is 0 Å². The molecule has 0 saturated heterocycles. The number of Topliss-reactive ketones (excluding diaryl/α,β-unsaturated/α-hetero) is 2. The van der Waals surface area contributed by atoms with Crippen LogP contribution in [0.1, 0.15) is 95.9 Å². The van der Waals surface area contributed by atoms with Crippen LogP contribution in [-0.4, -0.2) is 11.6 Å². The molecule has 0 aliphatic carbocycles. The van der Waals surface area contributed by atoms with Gasteiger partial charge in [0.1, 0.15) is 5.78 Å². The predicted molar refractivity (Wildman–Crippen MR) is 115 cm³/mol. The second-order valence-corrected chi connectivity index (χ2v) is 9.47. The van der Waals surface area contributed by atoms with Crippen LogP contribution in [0.5, 0.6) is 0 Å². The molecule has 0 aromatic heterocycles. The first-order valence-electron chi connectivity index (χ1n) is 10.5. The minimum atomic E-state index is 0.127. The van der Waals surface area contributed by atoms with Crippen molar-refractivity contribution in [3.63, 3.8) is 0 Å². The highest BCUT2D eigenvalue weighted by atomic mass is 16.1. The second kappa shape index (κ2) is 13.3. The van der Waals surface area contributed by atoms with Gasteiger partial charge in [-0.3, -0.25) is 9.59 Å². The summed E-state index contributed by atoms with van der Waals surface area (Å²) in [5.41, 5.74) is 2.21. The van der Waals surface area contributed by atoms with Crippen molar-refractivity contribution in [3.8, 4) is 0 Å². The average molecular weight is 367 g/mol. The largest absolute Gasteiger partial charge is 0.299 e. The molecule has 154 valence electrons. The van der Waals surface area contributed by atoms with Crippen LogP contribution in [0.4, 0.5) is 0 Å². The third kappa shape index (κ3) is 11.6. The van der Waals surface area contributed by atoms with E-state index in [1.165, 1.54) is 5.57 Å². The van der Waals surface area contributed by atoms with Gasteiger partial charge in [0.05, 0.1) is 0 Å². The number of hydrogen-bond donors (Lipinski definition) is 0. The lowest BCUT2D eigenvalue weighted by atomic mass is 9.82. The highest BCUT2D eigenvalue weighted by Gasteiger charge is 2.22. The molecule has 0 heterocycles. The Morgan fingerprint density at radius 2 is 1.15 bits per heavy atom. The summed E-state index contributed by atoms with van der Waals surface area (Å²) in [6, 6.07) is 0. The number of ketones is 2. The van der Waals surface area contributed by atoms with E-state index in [2.05, 4.69) is 48.5 Å². The van der Waals surface area contributed by atoms with Crippen LogP contribution in [0, 0.1) is 35.5 Å². The van der Waals surface area contributed by atoms with Gasteiger partial charge >= 0.3 is 0 Å². The molecule has 0 aliphatic heterocycles. The maximum Gasteiger partial charge on any atom is 0.161 e. The summed E-state index contributed by atoms with van der Waals surface area (Å²) < 4.78 is 0. The third-order valence-electron chi connectivity index (χ3n) is 4.96. The molecule has 2 atom stereocenters. The molecule has 26 heavy (non-hydrogen) atoms. The molecule has 0 fully saturated rings. The summed E-state index contributed by atoms with van der Waals surface area (Å²) in [6.07, 6.45) is 2.18. The Bertz CT molecular complexity index is 453. The molecule has 0 N–H and O–H groups in total. The van der Waals surface area contributed by atoms with Crippen molar-refractivity contribution in [2.75, 3.05) is 0 Å². The average Bonchev–Trinajstić information content (AvgIpc) is 2.50. The van der Waals surface area contributed by atoms with E-state index in [1.54, 1.807) is 0 Å². The van der Waals surface area contributed by atoms with Crippen molar-refractivity contribution in [1.82, 2.24) is 0 Å². The van der Waals surface area contributed by atoms with E-state index in [-0.39, 0.29) is 23.5 Å². The summed E-state index contributed by atoms with van der Waals surface area (Å²) >= 11 is 0. The highest BCUT2D eigenvalue weighted by Crippen LogP contribution is 2.22. The monoisotopic (exact) mass is 366 g/mol. The lowest BCUT2D eigenvalue weighted by molar-refractivity contribution is -0.126. The van der Waals surface area contributed by atoms with Gasteiger partial charge in [-0.25, -0.2) is 0 Å². The predicted octanol–water partition coefficient (Wildman–Crippen LogP) is 7.12. The molecule has 0 bridgehead atoms. The molecular weight excluding hydrogens is 320 g/mol. The Hall–Kier alpha value is -0.920. The minimum Gasteiger partial charge on any atom is -0.299 e.